The molecule has 0 aliphatic heterocycles. The molecule has 25 heavy (non-hydrogen) atoms. The summed E-state index contributed by atoms with van der Waals surface area (Å²) in [7, 11) is 0. The average Bonchev–Trinajstić information content (AvgIpc) is 2.93. The lowest BCUT2D eigenvalue weighted by Crippen LogP contribution is -2.20. The Balaban J connectivity index is 1.92. The Hall–Kier alpha value is -2.88. The fraction of sp³-hybridized carbons (Fsp3) is 0.238. The second kappa shape index (κ2) is 6.55. The first kappa shape index (κ1) is 17.0. The molecule has 0 spiro atoms. The predicted octanol–water partition coefficient (Wildman–Crippen LogP) is 4.51. The molecule has 3 aromatic rings. The van der Waals surface area contributed by atoms with E-state index in [-0.39, 0.29) is 18.2 Å². The molecule has 0 aliphatic rings. The van der Waals surface area contributed by atoms with Crippen molar-refractivity contribution in [1.82, 2.24) is 4.57 Å². The Morgan fingerprint density at radius 3 is 2.28 bits per heavy atom. The fourth-order valence-electron chi connectivity index (χ4n) is 2.84. The largest absolute Gasteiger partial charge is 0.337 e. The smallest absolute Gasteiger partial charge is 0.244 e. The molecule has 1 aromatic heterocycles. The zero-order chi connectivity index (χ0) is 18.0. The minimum Gasteiger partial charge on any atom is -0.337 e. The minimum absolute atomic E-state index is 0.0749. The van der Waals surface area contributed by atoms with Crippen molar-refractivity contribution in [2.24, 2.45) is 5.41 Å². The number of aromatic nitrogens is 1. The summed E-state index contributed by atoms with van der Waals surface area (Å²) >= 11 is 0. The number of rotatable bonds is 4. The number of hydrogen-bond donors (Lipinski definition) is 1. The molecule has 128 valence electrons. The van der Waals surface area contributed by atoms with Crippen LogP contribution in [-0.2, 0) is 11.3 Å². The van der Waals surface area contributed by atoms with Gasteiger partial charge >= 0.3 is 0 Å². The van der Waals surface area contributed by atoms with Gasteiger partial charge in [-0.15, -0.1) is 0 Å². The molecule has 1 N–H and O–H groups in total. The second-order valence-corrected chi connectivity index (χ2v) is 7.18. The van der Waals surface area contributed by atoms with Crippen LogP contribution < -0.4 is 5.32 Å². The van der Waals surface area contributed by atoms with Crippen LogP contribution in [0, 0.1) is 5.41 Å². The number of benzene rings is 2. The first-order chi connectivity index (χ1) is 11.9. The topological polar surface area (TPSA) is 51.1 Å². The van der Waals surface area contributed by atoms with Crippen molar-refractivity contribution in [3.8, 4) is 0 Å². The quantitative estimate of drug-likeness (QED) is 0.714. The summed E-state index contributed by atoms with van der Waals surface area (Å²) in [5, 5.41) is 3.76. The summed E-state index contributed by atoms with van der Waals surface area (Å²) in [6.07, 6.45) is 1.79. The first-order valence-corrected chi connectivity index (χ1v) is 8.34. The number of carbonyl (C=O) groups is 2. The summed E-state index contributed by atoms with van der Waals surface area (Å²) in [4.78, 5) is 25.1. The summed E-state index contributed by atoms with van der Waals surface area (Å²) in [6.45, 7) is 5.88. The predicted molar refractivity (Wildman–Crippen MR) is 101 cm³/mol. The molecular weight excluding hydrogens is 312 g/mol. The SMILES string of the molecule is CC(C)(C)C(=O)c1cn(CC(=O)Nc2ccccc2)c2ccccc12. The van der Waals surface area contributed by atoms with Crippen LogP contribution in [0.1, 0.15) is 31.1 Å². The van der Waals surface area contributed by atoms with E-state index in [0.717, 1.165) is 16.6 Å². The normalized spacial score (nSPS) is 11.5. The molecule has 0 saturated carbocycles. The number of fused-ring (bicyclic) bond motifs is 1. The van der Waals surface area contributed by atoms with Crippen LogP contribution in [0.25, 0.3) is 10.9 Å². The Bertz CT molecular complexity index is 918. The maximum absolute atomic E-state index is 12.8. The van der Waals surface area contributed by atoms with Gasteiger partial charge < -0.3 is 9.88 Å². The molecule has 0 bridgehead atoms. The molecule has 0 fully saturated rings. The van der Waals surface area contributed by atoms with E-state index in [4.69, 9.17) is 0 Å². The lowest BCUT2D eigenvalue weighted by atomic mass is 9.86. The molecule has 0 saturated heterocycles. The van der Waals surface area contributed by atoms with Crippen molar-refractivity contribution >= 4 is 28.3 Å². The van der Waals surface area contributed by atoms with Gasteiger partial charge in [0.1, 0.15) is 6.54 Å². The summed E-state index contributed by atoms with van der Waals surface area (Å²) < 4.78 is 1.84. The van der Waals surface area contributed by atoms with Gasteiger partial charge in [0.2, 0.25) is 5.91 Å². The Labute approximate surface area is 147 Å². The van der Waals surface area contributed by atoms with Gasteiger partial charge in [0.05, 0.1) is 0 Å². The van der Waals surface area contributed by atoms with Gasteiger partial charge in [-0.3, -0.25) is 9.59 Å². The third kappa shape index (κ3) is 3.63. The Morgan fingerprint density at radius 2 is 1.60 bits per heavy atom. The molecule has 0 unspecified atom stereocenters. The van der Waals surface area contributed by atoms with Gasteiger partial charge in [0, 0.05) is 33.8 Å². The summed E-state index contributed by atoms with van der Waals surface area (Å²) in [5.74, 6) is -0.0485. The van der Waals surface area contributed by atoms with Crippen LogP contribution >= 0.6 is 0 Å². The minimum atomic E-state index is -0.471. The van der Waals surface area contributed by atoms with E-state index < -0.39 is 5.41 Å². The molecule has 0 radical (unpaired) electrons. The van der Waals surface area contributed by atoms with Crippen LogP contribution in [0.15, 0.2) is 60.8 Å². The van der Waals surface area contributed by atoms with Crippen molar-refractivity contribution in [1.29, 1.82) is 0 Å². The number of Topliss-reactive ketones (excluding diaryl/α,β-unsaturated/α-hetero) is 1. The molecule has 1 heterocycles. The van der Waals surface area contributed by atoms with Gasteiger partial charge in [-0.25, -0.2) is 0 Å². The van der Waals surface area contributed by atoms with Gasteiger partial charge in [-0.05, 0) is 18.2 Å². The monoisotopic (exact) mass is 334 g/mol. The van der Waals surface area contributed by atoms with Crippen molar-refractivity contribution < 1.29 is 9.59 Å². The number of nitrogens with zero attached hydrogens (tertiary/aromatic N) is 1. The van der Waals surface area contributed by atoms with Gasteiger partial charge in [-0.1, -0.05) is 57.2 Å². The van der Waals surface area contributed by atoms with Crippen molar-refractivity contribution in [2.75, 3.05) is 5.32 Å². The van der Waals surface area contributed by atoms with Gasteiger partial charge in [0.15, 0.2) is 5.78 Å². The van der Waals surface area contributed by atoms with Crippen LogP contribution in [0.2, 0.25) is 0 Å². The zero-order valence-electron chi connectivity index (χ0n) is 14.7. The maximum atomic E-state index is 12.8. The highest BCUT2D eigenvalue weighted by Crippen LogP contribution is 2.28. The van der Waals surface area contributed by atoms with E-state index in [9.17, 15) is 9.59 Å². The summed E-state index contributed by atoms with van der Waals surface area (Å²) in [5.41, 5.74) is 1.84. The highest BCUT2D eigenvalue weighted by atomic mass is 16.2. The van der Waals surface area contributed by atoms with Gasteiger partial charge in [0.25, 0.3) is 0 Å². The van der Waals surface area contributed by atoms with E-state index in [1.54, 1.807) is 6.20 Å². The van der Waals surface area contributed by atoms with Crippen molar-refractivity contribution in [3.05, 3.63) is 66.4 Å². The lowest BCUT2D eigenvalue weighted by molar-refractivity contribution is -0.116. The highest BCUT2D eigenvalue weighted by Gasteiger charge is 2.26. The van der Waals surface area contributed by atoms with Crippen LogP contribution in [0.4, 0.5) is 5.69 Å². The molecule has 4 nitrogen and oxygen atoms in total. The molecular formula is C21H22N2O2. The molecule has 1 amide bonds. The molecule has 4 heteroatoms. The maximum Gasteiger partial charge on any atom is 0.244 e. The Morgan fingerprint density at radius 1 is 0.960 bits per heavy atom. The molecule has 2 aromatic carbocycles. The summed E-state index contributed by atoms with van der Waals surface area (Å²) in [6, 6.07) is 17.0. The third-order valence-corrected chi connectivity index (χ3v) is 4.09. The van der Waals surface area contributed by atoms with E-state index in [0.29, 0.717) is 5.56 Å². The first-order valence-electron chi connectivity index (χ1n) is 8.34. The second-order valence-electron chi connectivity index (χ2n) is 7.18. The molecule has 3 rings (SSSR count). The zero-order valence-corrected chi connectivity index (χ0v) is 14.7. The number of amides is 1. The number of ketones is 1. The number of anilines is 1. The molecule has 0 aliphatic carbocycles. The Kier molecular flexibility index (Phi) is 4.45. The van der Waals surface area contributed by atoms with E-state index in [1.807, 2.05) is 79.9 Å². The third-order valence-electron chi connectivity index (χ3n) is 4.09. The van der Waals surface area contributed by atoms with Crippen LogP contribution in [0.5, 0.6) is 0 Å². The fourth-order valence-corrected chi connectivity index (χ4v) is 2.84. The number of carbonyl (C=O) groups excluding carboxylic acids is 2. The van der Waals surface area contributed by atoms with E-state index in [2.05, 4.69) is 5.32 Å². The van der Waals surface area contributed by atoms with Crippen molar-refractivity contribution in [2.45, 2.75) is 27.3 Å². The van der Waals surface area contributed by atoms with Crippen LogP contribution in [-0.4, -0.2) is 16.3 Å². The number of para-hydroxylation sites is 2. The number of hydrogen-bond acceptors (Lipinski definition) is 2. The van der Waals surface area contributed by atoms with E-state index in [1.165, 1.54) is 0 Å². The van der Waals surface area contributed by atoms with Crippen LogP contribution in [0.3, 0.4) is 0 Å². The standard InChI is InChI=1S/C21H22N2O2/c1-21(2,3)20(25)17-13-23(18-12-8-7-11-16(17)18)14-19(24)22-15-9-5-4-6-10-15/h4-13H,14H2,1-3H3,(H,22,24). The van der Waals surface area contributed by atoms with Crippen molar-refractivity contribution in [3.63, 3.8) is 0 Å². The number of nitrogens with one attached hydrogen (secondary N) is 1. The highest BCUT2D eigenvalue weighted by molar-refractivity contribution is 6.10. The molecule has 0 atom stereocenters. The van der Waals surface area contributed by atoms with Gasteiger partial charge in [-0.2, -0.15) is 0 Å². The lowest BCUT2D eigenvalue weighted by Gasteiger charge is -2.15. The van der Waals surface area contributed by atoms with E-state index >= 15 is 0 Å². The average molecular weight is 334 g/mol.